The molecule has 1 aliphatic heterocycles. The van der Waals surface area contributed by atoms with Crippen molar-refractivity contribution >= 4 is 0 Å². The summed E-state index contributed by atoms with van der Waals surface area (Å²) in [5.74, 6) is 0. The maximum atomic E-state index is 9.13. The van der Waals surface area contributed by atoms with E-state index in [9.17, 15) is 0 Å². The van der Waals surface area contributed by atoms with E-state index in [0.717, 1.165) is 32.0 Å². The number of likely N-dealkylation sites (tertiary alicyclic amines) is 1. The molecule has 3 nitrogen and oxygen atoms in total. The highest BCUT2D eigenvalue weighted by atomic mass is 15.2. The second-order valence-electron chi connectivity index (χ2n) is 5.37. The van der Waals surface area contributed by atoms with Gasteiger partial charge in [-0.1, -0.05) is 26.7 Å². The van der Waals surface area contributed by atoms with Gasteiger partial charge in [-0.2, -0.15) is 5.26 Å². The van der Waals surface area contributed by atoms with Gasteiger partial charge in [-0.25, -0.2) is 0 Å². The molecule has 0 saturated carbocycles. The van der Waals surface area contributed by atoms with Crippen LogP contribution in [0.25, 0.3) is 0 Å². The molecule has 0 aromatic heterocycles. The van der Waals surface area contributed by atoms with Crippen LogP contribution in [-0.4, -0.2) is 36.6 Å². The summed E-state index contributed by atoms with van der Waals surface area (Å²) in [7, 11) is 0. The lowest BCUT2D eigenvalue weighted by atomic mass is 10.1. The Morgan fingerprint density at radius 1 is 1.33 bits per heavy atom. The maximum absolute atomic E-state index is 9.13. The molecule has 0 aromatic carbocycles. The molecule has 1 heterocycles. The summed E-state index contributed by atoms with van der Waals surface area (Å²) >= 11 is 0. The van der Waals surface area contributed by atoms with E-state index in [1.165, 1.54) is 38.6 Å². The molecule has 0 bridgehead atoms. The monoisotopic (exact) mass is 251 g/mol. The SMILES string of the molecule is CCCNC(C#N)CCN1CCCCCC1CC. The summed E-state index contributed by atoms with van der Waals surface area (Å²) in [5.41, 5.74) is 0. The van der Waals surface area contributed by atoms with Crippen LogP contribution in [0, 0.1) is 11.3 Å². The molecule has 1 fully saturated rings. The van der Waals surface area contributed by atoms with E-state index in [1.54, 1.807) is 0 Å². The van der Waals surface area contributed by atoms with Crippen molar-refractivity contribution in [3.63, 3.8) is 0 Å². The topological polar surface area (TPSA) is 39.1 Å². The zero-order chi connectivity index (χ0) is 13.2. The Labute approximate surface area is 113 Å². The first-order valence-corrected chi connectivity index (χ1v) is 7.68. The van der Waals surface area contributed by atoms with Gasteiger partial charge in [-0.05, 0) is 45.2 Å². The first-order valence-electron chi connectivity index (χ1n) is 7.68. The number of nitrogens with one attached hydrogen (secondary N) is 1. The third kappa shape index (κ3) is 5.37. The van der Waals surface area contributed by atoms with Gasteiger partial charge in [0.25, 0.3) is 0 Å². The van der Waals surface area contributed by atoms with E-state index in [0.29, 0.717) is 0 Å². The van der Waals surface area contributed by atoms with Gasteiger partial charge >= 0.3 is 0 Å². The first-order chi connectivity index (χ1) is 8.81. The molecule has 3 heteroatoms. The van der Waals surface area contributed by atoms with Crippen molar-refractivity contribution in [3.05, 3.63) is 0 Å². The zero-order valence-electron chi connectivity index (χ0n) is 12.1. The molecule has 0 spiro atoms. The Balaban J connectivity index is 2.36. The van der Waals surface area contributed by atoms with E-state index in [1.807, 2.05) is 0 Å². The van der Waals surface area contributed by atoms with E-state index in [4.69, 9.17) is 5.26 Å². The molecule has 104 valence electrons. The van der Waals surface area contributed by atoms with E-state index in [-0.39, 0.29) is 6.04 Å². The number of nitriles is 1. The standard InChI is InChI=1S/C15H29N3/c1-3-10-17-14(13-16)9-12-18-11-7-5-6-8-15(18)4-2/h14-15,17H,3-12H2,1-2H3. The molecule has 0 aliphatic carbocycles. The van der Waals surface area contributed by atoms with Crippen molar-refractivity contribution in [2.75, 3.05) is 19.6 Å². The Bertz CT molecular complexity index is 247. The van der Waals surface area contributed by atoms with Gasteiger partial charge in [0, 0.05) is 12.6 Å². The lowest BCUT2D eigenvalue weighted by molar-refractivity contribution is 0.188. The maximum Gasteiger partial charge on any atom is 0.0965 e. The molecule has 0 aromatic rings. The van der Waals surface area contributed by atoms with E-state index >= 15 is 0 Å². The third-order valence-electron chi connectivity index (χ3n) is 3.97. The fraction of sp³-hybridized carbons (Fsp3) is 0.933. The highest BCUT2D eigenvalue weighted by molar-refractivity contribution is 4.90. The van der Waals surface area contributed by atoms with Crippen LogP contribution in [0.1, 0.15) is 58.8 Å². The van der Waals surface area contributed by atoms with Crippen LogP contribution in [0.3, 0.4) is 0 Å². The Kier molecular flexibility index (Phi) is 8.04. The Morgan fingerprint density at radius 2 is 2.17 bits per heavy atom. The van der Waals surface area contributed by atoms with E-state index in [2.05, 4.69) is 30.1 Å². The van der Waals surface area contributed by atoms with Gasteiger partial charge in [0.15, 0.2) is 0 Å². The second-order valence-corrected chi connectivity index (χ2v) is 5.37. The van der Waals surface area contributed by atoms with Crippen LogP contribution in [-0.2, 0) is 0 Å². The predicted molar refractivity (Wildman–Crippen MR) is 76.4 cm³/mol. The minimum atomic E-state index is 0.0331. The summed E-state index contributed by atoms with van der Waals surface area (Å²) in [6, 6.07) is 3.17. The average Bonchev–Trinajstić information content (AvgIpc) is 2.64. The summed E-state index contributed by atoms with van der Waals surface area (Å²) in [5, 5.41) is 12.4. The van der Waals surface area contributed by atoms with Crippen LogP contribution >= 0.6 is 0 Å². The molecule has 2 atom stereocenters. The fourth-order valence-electron chi connectivity index (χ4n) is 2.82. The van der Waals surface area contributed by atoms with Gasteiger partial charge in [0.1, 0.15) is 0 Å². The van der Waals surface area contributed by atoms with Crippen molar-refractivity contribution in [3.8, 4) is 6.07 Å². The highest BCUT2D eigenvalue weighted by Gasteiger charge is 2.20. The number of hydrogen-bond donors (Lipinski definition) is 1. The second kappa shape index (κ2) is 9.35. The molecule has 1 rings (SSSR count). The summed E-state index contributed by atoms with van der Waals surface area (Å²) < 4.78 is 0. The van der Waals surface area contributed by atoms with Gasteiger partial charge in [0.05, 0.1) is 12.1 Å². The zero-order valence-corrected chi connectivity index (χ0v) is 12.1. The average molecular weight is 251 g/mol. The molecule has 1 aliphatic rings. The lowest BCUT2D eigenvalue weighted by Gasteiger charge is -2.29. The first kappa shape index (κ1) is 15.5. The highest BCUT2D eigenvalue weighted by Crippen LogP contribution is 2.19. The van der Waals surface area contributed by atoms with Crippen LogP contribution in [0.4, 0.5) is 0 Å². The minimum absolute atomic E-state index is 0.0331. The molecule has 2 unspecified atom stereocenters. The van der Waals surface area contributed by atoms with Gasteiger partial charge in [0.2, 0.25) is 0 Å². The normalized spacial score (nSPS) is 23.3. The number of hydrogen-bond acceptors (Lipinski definition) is 3. The summed E-state index contributed by atoms with van der Waals surface area (Å²) in [6.45, 7) is 7.69. The fourth-order valence-corrected chi connectivity index (χ4v) is 2.82. The quantitative estimate of drug-likeness (QED) is 0.756. The molecule has 1 N–H and O–H groups in total. The van der Waals surface area contributed by atoms with Crippen molar-refractivity contribution in [1.29, 1.82) is 5.26 Å². The lowest BCUT2D eigenvalue weighted by Crippen LogP contribution is -2.39. The van der Waals surface area contributed by atoms with Gasteiger partial charge < -0.3 is 10.2 Å². The molecular formula is C15H29N3. The van der Waals surface area contributed by atoms with Gasteiger partial charge in [-0.3, -0.25) is 0 Å². The third-order valence-corrected chi connectivity index (χ3v) is 3.97. The minimum Gasteiger partial charge on any atom is -0.302 e. The number of nitrogens with zero attached hydrogens (tertiary/aromatic N) is 2. The smallest absolute Gasteiger partial charge is 0.0965 e. The number of rotatable bonds is 7. The van der Waals surface area contributed by atoms with Crippen LogP contribution in [0.15, 0.2) is 0 Å². The Morgan fingerprint density at radius 3 is 2.83 bits per heavy atom. The van der Waals surface area contributed by atoms with Crippen LogP contribution in [0.5, 0.6) is 0 Å². The Hall–Kier alpha value is -0.590. The predicted octanol–water partition coefficient (Wildman–Crippen LogP) is 2.92. The molecule has 0 amide bonds. The molecule has 18 heavy (non-hydrogen) atoms. The van der Waals surface area contributed by atoms with E-state index < -0.39 is 0 Å². The molecule has 0 radical (unpaired) electrons. The summed E-state index contributed by atoms with van der Waals surface area (Å²) in [6.07, 6.45) is 8.74. The van der Waals surface area contributed by atoms with Crippen molar-refractivity contribution < 1.29 is 0 Å². The van der Waals surface area contributed by atoms with Crippen LogP contribution in [0.2, 0.25) is 0 Å². The molecule has 1 saturated heterocycles. The van der Waals surface area contributed by atoms with Gasteiger partial charge in [-0.15, -0.1) is 0 Å². The van der Waals surface area contributed by atoms with Crippen molar-refractivity contribution in [2.24, 2.45) is 0 Å². The summed E-state index contributed by atoms with van der Waals surface area (Å²) in [4.78, 5) is 2.62. The molecular weight excluding hydrogens is 222 g/mol. The largest absolute Gasteiger partial charge is 0.302 e. The van der Waals surface area contributed by atoms with Crippen LogP contribution < -0.4 is 5.32 Å². The van der Waals surface area contributed by atoms with Crippen molar-refractivity contribution in [1.82, 2.24) is 10.2 Å². The van der Waals surface area contributed by atoms with Crippen molar-refractivity contribution in [2.45, 2.75) is 70.9 Å².